The first-order chi connectivity index (χ1) is 15.0. The largest absolute Gasteiger partial charge is 0.490 e. The molecular weight excluding hydrogens is 455 g/mol. The highest BCUT2D eigenvalue weighted by atomic mass is 35.5. The van der Waals surface area contributed by atoms with Crippen LogP contribution in [0.25, 0.3) is 0 Å². The van der Waals surface area contributed by atoms with Crippen molar-refractivity contribution >= 4 is 51.4 Å². The van der Waals surface area contributed by atoms with Crippen LogP contribution in [0.5, 0.6) is 5.75 Å². The Labute approximate surface area is 197 Å². The van der Waals surface area contributed by atoms with E-state index in [1.54, 1.807) is 12.1 Å². The molecule has 31 heavy (non-hydrogen) atoms. The average Bonchev–Trinajstić information content (AvgIpc) is 3.10. The maximum atomic E-state index is 13.0. The normalized spacial score (nSPS) is 12.9. The van der Waals surface area contributed by atoms with E-state index in [1.807, 2.05) is 6.92 Å². The fraction of sp³-hybridized carbons (Fsp3) is 0.478. The molecule has 0 spiro atoms. The number of benzene rings is 1. The SMILES string of the molecule is CCCCCOc1c(Cl)cc(C(=O)Nc2sc3c(c2C(=O)NCC)CCCC3)cc1Cl. The minimum Gasteiger partial charge on any atom is -0.490 e. The lowest BCUT2D eigenvalue weighted by Crippen LogP contribution is -2.25. The van der Waals surface area contributed by atoms with Gasteiger partial charge in [0.05, 0.1) is 22.2 Å². The second kappa shape index (κ2) is 11.2. The van der Waals surface area contributed by atoms with Crippen molar-refractivity contribution in [2.75, 3.05) is 18.5 Å². The molecule has 0 radical (unpaired) electrons. The van der Waals surface area contributed by atoms with Gasteiger partial charge in [-0.05, 0) is 56.7 Å². The summed E-state index contributed by atoms with van der Waals surface area (Å²) in [5, 5.41) is 6.95. The van der Waals surface area contributed by atoms with Gasteiger partial charge in [0.2, 0.25) is 0 Å². The molecule has 0 bridgehead atoms. The molecule has 2 N–H and O–H groups in total. The molecule has 0 atom stereocenters. The average molecular weight is 483 g/mol. The Kier molecular flexibility index (Phi) is 8.64. The molecule has 2 aromatic rings. The predicted octanol–water partition coefficient (Wildman–Crippen LogP) is 6.50. The number of hydrogen-bond acceptors (Lipinski definition) is 4. The van der Waals surface area contributed by atoms with Crippen molar-refractivity contribution in [1.29, 1.82) is 0 Å². The monoisotopic (exact) mass is 482 g/mol. The summed E-state index contributed by atoms with van der Waals surface area (Å²) in [5.41, 5.74) is 1.97. The summed E-state index contributed by atoms with van der Waals surface area (Å²) in [6.07, 6.45) is 7.01. The number of halogens is 2. The van der Waals surface area contributed by atoms with Gasteiger partial charge in [-0.15, -0.1) is 11.3 Å². The van der Waals surface area contributed by atoms with Crippen LogP contribution in [0.4, 0.5) is 5.00 Å². The number of aryl methyl sites for hydroxylation is 1. The fourth-order valence-corrected chi connectivity index (χ4v) is 5.55. The van der Waals surface area contributed by atoms with Gasteiger partial charge < -0.3 is 15.4 Å². The molecule has 1 heterocycles. The van der Waals surface area contributed by atoms with Crippen LogP contribution in [-0.2, 0) is 12.8 Å². The first-order valence-electron chi connectivity index (χ1n) is 10.8. The van der Waals surface area contributed by atoms with Crippen LogP contribution in [0.1, 0.15) is 77.1 Å². The summed E-state index contributed by atoms with van der Waals surface area (Å²) < 4.78 is 5.71. The third kappa shape index (κ3) is 5.73. The molecular formula is C23H28Cl2N2O3S. The third-order valence-corrected chi connectivity index (χ3v) is 6.99. The number of carbonyl (C=O) groups is 2. The van der Waals surface area contributed by atoms with E-state index in [0.717, 1.165) is 50.5 Å². The summed E-state index contributed by atoms with van der Waals surface area (Å²) in [4.78, 5) is 26.9. The summed E-state index contributed by atoms with van der Waals surface area (Å²) >= 11 is 14.2. The summed E-state index contributed by atoms with van der Waals surface area (Å²) in [6, 6.07) is 3.11. The van der Waals surface area contributed by atoms with Gasteiger partial charge in [-0.1, -0.05) is 43.0 Å². The summed E-state index contributed by atoms with van der Waals surface area (Å²) in [7, 11) is 0. The zero-order valence-corrected chi connectivity index (χ0v) is 20.2. The zero-order chi connectivity index (χ0) is 22.4. The van der Waals surface area contributed by atoms with Gasteiger partial charge in [-0.3, -0.25) is 9.59 Å². The fourth-order valence-electron chi connectivity index (χ4n) is 3.67. The van der Waals surface area contributed by atoms with Crippen LogP contribution >= 0.6 is 34.5 Å². The van der Waals surface area contributed by atoms with Gasteiger partial charge >= 0.3 is 0 Å². The summed E-state index contributed by atoms with van der Waals surface area (Å²) in [5.74, 6) is -0.111. The number of amides is 2. The summed E-state index contributed by atoms with van der Waals surface area (Å²) in [6.45, 7) is 5.05. The van der Waals surface area contributed by atoms with E-state index < -0.39 is 0 Å². The molecule has 2 amide bonds. The van der Waals surface area contributed by atoms with Crippen LogP contribution in [0.3, 0.4) is 0 Å². The number of carbonyl (C=O) groups excluding carboxylic acids is 2. The molecule has 168 valence electrons. The van der Waals surface area contributed by atoms with Crippen molar-refractivity contribution in [3.63, 3.8) is 0 Å². The lowest BCUT2D eigenvalue weighted by molar-refractivity contribution is 0.0956. The maximum Gasteiger partial charge on any atom is 0.256 e. The first-order valence-corrected chi connectivity index (χ1v) is 12.4. The van der Waals surface area contributed by atoms with E-state index in [-0.39, 0.29) is 11.8 Å². The third-order valence-electron chi connectivity index (χ3n) is 5.22. The highest BCUT2D eigenvalue weighted by Crippen LogP contribution is 2.39. The number of thiophene rings is 1. The topological polar surface area (TPSA) is 67.4 Å². The molecule has 0 unspecified atom stereocenters. The van der Waals surface area contributed by atoms with Crippen molar-refractivity contribution in [2.24, 2.45) is 0 Å². The molecule has 1 aliphatic rings. The van der Waals surface area contributed by atoms with E-state index in [0.29, 0.717) is 45.1 Å². The zero-order valence-electron chi connectivity index (χ0n) is 17.9. The number of fused-ring (bicyclic) bond motifs is 1. The van der Waals surface area contributed by atoms with Gasteiger partial charge in [0, 0.05) is 17.0 Å². The van der Waals surface area contributed by atoms with E-state index in [4.69, 9.17) is 27.9 Å². The molecule has 3 rings (SSSR count). The van der Waals surface area contributed by atoms with E-state index in [1.165, 1.54) is 16.2 Å². The Bertz CT molecular complexity index is 936. The number of anilines is 1. The molecule has 8 heteroatoms. The minimum atomic E-state index is -0.356. The smallest absolute Gasteiger partial charge is 0.256 e. The lowest BCUT2D eigenvalue weighted by atomic mass is 9.95. The molecule has 0 fully saturated rings. The molecule has 0 aliphatic heterocycles. The van der Waals surface area contributed by atoms with Gasteiger partial charge in [-0.25, -0.2) is 0 Å². The van der Waals surface area contributed by atoms with E-state index in [2.05, 4.69) is 17.6 Å². The van der Waals surface area contributed by atoms with Crippen LogP contribution in [0.2, 0.25) is 10.0 Å². The van der Waals surface area contributed by atoms with Gasteiger partial charge in [0.15, 0.2) is 5.75 Å². The Balaban J connectivity index is 1.81. The van der Waals surface area contributed by atoms with Gasteiger partial charge in [0.25, 0.3) is 11.8 Å². The second-order valence-electron chi connectivity index (χ2n) is 7.55. The molecule has 0 saturated heterocycles. The molecule has 1 aliphatic carbocycles. The highest BCUT2D eigenvalue weighted by molar-refractivity contribution is 7.17. The first kappa shape index (κ1) is 23.9. The van der Waals surface area contributed by atoms with Crippen LogP contribution < -0.4 is 15.4 Å². The number of hydrogen-bond donors (Lipinski definition) is 2. The minimum absolute atomic E-state index is 0.149. The van der Waals surface area contributed by atoms with Crippen molar-refractivity contribution in [3.8, 4) is 5.75 Å². The van der Waals surface area contributed by atoms with Crippen molar-refractivity contribution in [3.05, 3.63) is 43.7 Å². The van der Waals surface area contributed by atoms with E-state index >= 15 is 0 Å². The van der Waals surface area contributed by atoms with Crippen molar-refractivity contribution in [2.45, 2.75) is 58.8 Å². The Morgan fingerprint density at radius 3 is 2.45 bits per heavy atom. The Morgan fingerprint density at radius 1 is 1.06 bits per heavy atom. The van der Waals surface area contributed by atoms with Crippen LogP contribution in [0, 0.1) is 0 Å². The number of unbranched alkanes of at least 4 members (excludes halogenated alkanes) is 2. The molecule has 1 aromatic heterocycles. The number of nitrogens with one attached hydrogen (secondary N) is 2. The van der Waals surface area contributed by atoms with Gasteiger partial charge in [-0.2, -0.15) is 0 Å². The number of ether oxygens (including phenoxy) is 1. The molecule has 1 aromatic carbocycles. The maximum absolute atomic E-state index is 13.0. The Hall–Kier alpha value is -1.76. The van der Waals surface area contributed by atoms with Crippen LogP contribution in [0.15, 0.2) is 12.1 Å². The quantitative estimate of drug-likeness (QED) is 0.400. The predicted molar refractivity (Wildman–Crippen MR) is 128 cm³/mol. The van der Waals surface area contributed by atoms with Crippen molar-refractivity contribution < 1.29 is 14.3 Å². The highest BCUT2D eigenvalue weighted by Gasteiger charge is 2.26. The standard InChI is InChI=1S/C23H28Cl2N2O3S/c1-3-5-8-11-30-20-16(24)12-14(13-17(20)25)21(28)27-23-19(22(29)26-4-2)15-9-6-7-10-18(15)31-23/h12-13H,3-11H2,1-2H3,(H,26,29)(H,27,28). The molecule has 5 nitrogen and oxygen atoms in total. The Morgan fingerprint density at radius 2 is 1.77 bits per heavy atom. The molecule has 0 saturated carbocycles. The van der Waals surface area contributed by atoms with Gasteiger partial charge in [0.1, 0.15) is 5.00 Å². The van der Waals surface area contributed by atoms with Crippen LogP contribution in [-0.4, -0.2) is 25.0 Å². The second-order valence-corrected chi connectivity index (χ2v) is 9.47. The van der Waals surface area contributed by atoms with Crippen molar-refractivity contribution in [1.82, 2.24) is 5.32 Å². The lowest BCUT2D eigenvalue weighted by Gasteiger charge is -2.13. The van der Waals surface area contributed by atoms with E-state index in [9.17, 15) is 9.59 Å². The number of rotatable bonds is 9.